The highest BCUT2D eigenvalue weighted by molar-refractivity contribution is 5.79. The first-order chi connectivity index (χ1) is 15.3. The van der Waals surface area contributed by atoms with Crippen LogP contribution in [0.15, 0.2) is 0 Å². The van der Waals surface area contributed by atoms with E-state index in [1.807, 2.05) is 0 Å². The van der Waals surface area contributed by atoms with Crippen LogP contribution in [0.1, 0.15) is 104 Å². The average Bonchev–Trinajstić information content (AvgIpc) is 3.04. The number of ether oxygens (including phenoxy) is 1. The Balaban J connectivity index is 1.41. The van der Waals surface area contributed by atoms with Crippen LogP contribution in [0.2, 0.25) is 0 Å². The van der Waals surface area contributed by atoms with Crippen LogP contribution in [0, 0.1) is 34.5 Å². The SMILES string of the molecule is C[C@]12CCC(=O)CC1CC[C@@H]1[C@H]2C(OCCCCCCCC(N)=O)C[C@]2(C)C(O)CC[C@@H]12. The molecule has 0 aromatic rings. The van der Waals surface area contributed by atoms with E-state index in [9.17, 15) is 14.7 Å². The quantitative estimate of drug-likeness (QED) is 0.498. The monoisotopic (exact) mass is 447 g/mol. The lowest BCUT2D eigenvalue weighted by Gasteiger charge is -2.62. The number of hydrogen-bond acceptors (Lipinski definition) is 4. The van der Waals surface area contributed by atoms with E-state index in [2.05, 4.69) is 13.8 Å². The van der Waals surface area contributed by atoms with Gasteiger partial charge >= 0.3 is 0 Å². The van der Waals surface area contributed by atoms with Gasteiger partial charge in [0, 0.05) is 25.9 Å². The molecule has 4 aliphatic rings. The molecular weight excluding hydrogens is 402 g/mol. The summed E-state index contributed by atoms with van der Waals surface area (Å²) in [5, 5.41) is 10.9. The van der Waals surface area contributed by atoms with E-state index >= 15 is 0 Å². The van der Waals surface area contributed by atoms with E-state index < -0.39 is 0 Å². The van der Waals surface area contributed by atoms with Gasteiger partial charge in [-0.1, -0.05) is 33.1 Å². The second-order valence-corrected chi connectivity index (χ2v) is 12.0. The molecule has 4 saturated carbocycles. The minimum absolute atomic E-state index is 0.0196. The molecule has 0 bridgehead atoms. The zero-order valence-electron chi connectivity index (χ0n) is 20.3. The van der Waals surface area contributed by atoms with E-state index in [-0.39, 0.29) is 28.9 Å². The van der Waals surface area contributed by atoms with Gasteiger partial charge in [0.05, 0.1) is 12.2 Å². The number of fused-ring (bicyclic) bond motifs is 5. The second-order valence-electron chi connectivity index (χ2n) is 12.0. The minimum Gasteiger partial charge on any atom is -0.393 e. The number of hydrogen-bond donors (Lipinski definition) is 2. The molecule has 1 amide bonds. The van der Waals surface area contributed by atoms with Gasteiger partial charge in [0.1, 0.15) is 5.78 Å². The lowest BCUT2D eigenvalue weighted by atomic mass is 9.44. The molecule has 5 heteroatoms. The lowest BCUT2D eigenvalue weighted by molar-refractivity contribution is -0.192. The summed E-state index contributed by atoms with van der Waals surface area (Å²) < 4.78 is 6.69. The molecule has 5 nitrogen and oxygen atoms in total. The Kier molecular flexibility index (Phi) is 7.36. The van der Waals surface area contributed by atoms with Crippen LogP contribution in [0.5, 0.6) is 0 Å². The molecule has 0 saturated heterocycles. The molecule has 0 radical (unpaired) electrons. The van der Waals surface area contributed by atoms with Gasteiger partial charge in [-0.05, 0) is 85.9 Å². The molecule has 0 aliphatic heterocycles. The lowest BCUT2D eigenvalue weighted by Crippen LogP contribution is -2.60. The highest BCUT2D eigenvalue weighted by Gasteiger charge is 2.63. The molecule has 0 aromatic carbocycles. The van der Waals surface area contributed by atoms with E-state index in [0.29, 0.717) is 35.9 Å². The summed E-state index contributed by atoms with van der Waals surface area (Å²) in [6, 6.07) is 0. The van der Waals surface area contributed by atoms with Crippen LogP contribution in [-0.2, 0) is 14.3 Å². The standard InChI is InChI=1S/C27H45NO4/c1-26-14-13-19(29)16-18(26)9-10-20-21-11-12-23(30)27(21,2)17-22(25(20)26)32-15-7-5-3-4-6-8-24(28)31/h18,20-23,25,30H,3-17H2,1-2H3,(H2,28,31)/t18?,20-,21-,22?,23?,25-,26-,27-/m0/s1. The van der Waals surface area contributed by atoms with Crippen molar-refractivity contribution in [2.24, 2.45) is 40.2 Å². The van der Waals surface area contributed by atoms with Gasteiger partial charge < -0.3 is 15.6 Å². The molecule has 3 N–H and O–H groups in total. The summed E-state index contributed by atoms with van der Waals surface area (Å²) in [6.45, 7) is 5.56. The van der Waals surface area contributed by atoms with Crippen LogP contribution < -0.4 is 5.73 Å². The van der Waals surface area contributed by atoms with Crippen molar-refractivity contribution in [3.63, 3.8) is 0 Å². The fourth-order valence-electron chi connectivity index (χ4n) is 8.43. The average molecular weight is 448 g/mol. The smallest absolute Gasteiger partial charge is 0.217 e. The molecule has 0 heterocycles. The Morgan fingerprint density at radius 2 is 1.81 bits per heavy atom. The largest absolute Gasteiger partial charge is 0.393 e. The Hall–Kier alpha value is -0.940. The maximum absolute atomic E-state index is 12.2. The van der Waals surface area contributed by atoms with Crippen molar-refractivity contribution in [2.45, 2.75) is 116 Å². The highest BCUT2D eigenvalue weighted by Crippen LogP contribution is 2.66. The summed E-state index contributed by atoms with van der Waals surface area (Å²) in [7, 11) is 0. The molecule has 3 unspecified atom stereocenters. The number of primary amides is 1. The number of nitrogens with two attached hydrogens (primary N) is 1. The van der Waals surface area contributed by atoms with Gasteiger partial charge in [-0.2, -0.15) is 0 Å². The summed E-state index contributed by atoms with van der Waals surface area (Å²) in [4.78, 5) is 23.1. The van der Waals surface area contributed by atoms with Crippen molar-refractivity contribution in [1.29, 1.82) is 0 Å². The predicted octanol–water partition coefficient (Wildman–Crippen LogP) is 4.78. The number of amides is 1. The molecule has 0 aromatic heterocycles. The maximum Gasteiger partial charge on any atom is 0.217 e. The summed E-state index contributed by atoms with van der Waals surface area (Å²) >= 11 is 0. The van der Waals surface area contributed by atoms with Crippen LogP contribution >= 0.6 is 0 Å². The van der Waals surface area contributed by atoms with Gasteiger partial charge in [0.25, 0.3) is 0 Å². The first-order valence-electron chi connectivity index (χ1n) is 13.4. The zero-order valence-corrected chi connectivity index (χ0v) is 20.3. The molecule has 4 rings (SSSR count). The topological polar surface area (TPSA) is 89.6 Å². The summed E-state index contributed by atoms with van der Waals surface area (Å²) in [5.74, 6) is 2.51. The van der Waals surface area contributed by atoms with Gasteiger partial charge in [-0.3, -0.25) is 9.59 Å². The van der Waals surface area contributed by atoms with Crippen LogP contribution in [0.4, 0.5) is 0 Å². The Morgan fingerprint density at radius 1 is 1.06 bits per heavy atom. The second kappa shape index (κ2) is 9.74. The number of carbonyl (C=O) groups excluding carboxylic acids is 2. The van der Waals surface area contributed by atoms with Crippen LogP contribution in [-0.4, -0.2) is 35.6 Å². The predicted molar refractivity (Wildman–Crippen MR) is 125 cm³/mol. The van der Waals surface area contributed by atoms with Crippen LogP contribution in [0.25, 0.3) is 0 Å². The fourth-order valence-corrected chi connectivity index (χ4v) is 8.43. The highest BCUT2D eigenvalue weighted by atomic mass is 16.5. The number of Topliss-reactive ketones (excluding diaryl/α,β-unsaturated/α-hetero) is 1. The number of rotatable bonds is 9. The number of aliphatic hydroxyl groups excluding tert-OH is 1. The molecule has 4 aliphatic carbocycles. The van der Waals surface area contributed by atoms with E-state index in [0.717, 1.165) is 77.2 Å². The Morgan fingerprint density at radius 3 is 2.59 bits per heavy atom. The zero-order chi connectivity index (χ0) is 22.9. The number of aliphatic hydroxyl groups is 1. The normalized spacial score (nSPS) is 43.4. The molecule has 182 valence electrons. The molecule has 4 fully saturated rings. The number of ketones is 1. The van der Waals surface area contributed by atoms with Gasteiger partial charge in [-0.15, -0.1) is 0 Å². The molecule has 8 atom stereocenters. The molecular formula is C27H45NO4. The Labute approximate surface area is 194 Å². The van der Waals surface area contributed by atoms with Crippen LogP contribution in [0.3, 0.4) is 0 Å². The first-order valence-corrected chi connectivity index (χ1v) is 13.4. The third-order valence-electron chi connectivity index (χ3n) is 10.2. The molecule has 0 spiro atoms. The fraction of sp³-hybridized carbons (Fsp3) is 0.926. The van der Waals surface area contributed by atoms with E-state index in [4.69, 9.17) is 10.5 Å². The summed E-state index contributed by atoms with van der Waals surface area (Å²) in [6.07, 6.45) is 13.6. The third kappa shape index (κ3) is 4.53. The van der Waals surface area contributed by atoms with Crippen molar-refractivity contribution in [3.05, 3.63) is 0 Å². The van der Waals surface area contributed by atoms with Crippen molar-refractivity contribution in [3.8, 4) is 0 Å². The Bertz CT molecular complexity index is 695. The van der Waals surface area contributed by atoms with Crippen molar-refractivity contribution < 1.29 is 19.4 Å². The van der Waals surface area contributed by atoms with Gasteiger partial charge in [0.2, 0.25) is 5.91 Å². The van der Waals surface area contributed by atoms with E-state index in [1.54, 1.807) is 0 Å². The minimum atomic E-state index is -0.205. The molecule has 32 heavy (non-hydrogen) atoms. The summed E-state index contributed by atoms with van der Waals surface area (Å²) in [5.41, 5.74) is 5.40. The van der Waals surface area contributed by atoms with Crippen molar-refractivity contribution >= 4 is 11.7 Å². The van der Waals surface area contributed by atoms with Crippen molar-refractivity contribution in [1.82, 2.24) is 0 Å². The third-order valence-corrected chi connectivity index (χ3v) is 10.2. The van der Waals surface area contributed by atoms with Gasteiger partial charge in [-0.25, -0.2) is 0 Å². The maximum atomic E-state index is 12.2. The number of unbranched alkanes of at least 4 members (excludes halogenated alkanes) is 4. The number of carbonyl (C=O) groups is 2. The van der Waals surface area contributed by atoms with Gasteiger partial charge in [0.15, 0.2) is 0 Å². The first kappa shape index (κ1) is 24.2. The van der Waals surface area contributed by atoms with E-state index in [1.165, 1.54) is 12.8 Å². The van der Waals surface area contributed by atoms with Crippen molar-refractivity contribution in [2.75, 3.05) is 6.61 Å².